The van der Waals surface area contributed by atoms with Gasteiger partial charge in [0.1, 0.15) is 12.3 Å². The molecule has 0 spiro atoms. The molecule has 0 unspecified atom stereocenters. The van der Waals surface area contributed by atoms with Crippen molar-refractivity contribution in [3.63, 3.8) is 0 Å². The molecular formula is C18H23N3O3. The van der Waals surface area contributed by atoms with E-state index in [1.165, 1.54) is 10.7 Å². The first-order valence-electron chi connectivity index (χ1n) is 8.18. The minimum Gasteiger partial charge on any atom is -0.494 e. The Kier molecular flexibility index (Phi) is 6.12. The summed E-state index contributed by atoms with van der Waals surface area (Å²) in [6.07, 6.45) is 0. The lowest BCUT2D eigenvalue weighted by Gasteiger charge is -2.18. The SMILES string of the molecule is CCOc1ccc(-c2ccc(=O)n(CC(=O)N(CC)CC)n2)cc1. The van der Waals surface area contributed by atoms with Gasteiger partial charge in [-0.05, 0) is 51.1 Å². The number of hydrogen-bond acceptors (Lipinski definition) is 4. The number of likely N-dealkylation sites (N-methyl/N-ethyl adjacent to an activating group) is 1. The van der Waals surface area contributed by atoms with Crippen LogP contribution in [0.2, 0.25) is 0 Å². The predicted octanol–water partition coefficient (Wildman–Crippen LogP) is 2.18. The number of ether oxygens (including phenoxy) is 1. The number of amides is 1. The molecule has 2 rings (SSSR count). The van der Waals surface area contributed by atoms with Crippen molar-refractivity contribution >= 4 is 5.91 Å². The van der Waals surface area contributed by atoms with Crippen LogP contribution in [0.4, 0.5) is 0 Å². The van der Waals surface area contributed by atoms with Crippen LogP contribution in [0, 0.1) is 0 Å². The third kappa shape index (κ3) is 4.22. The summed E-state index contributed by atoms with van der Waals surface area (Å²) in [5.41, 5.74) is 1.22. The fraction of sp³-hybridized carbons (Fsp3) is 0.389. The van der Waals surface area contributed by atoms with Crippen LogP contribution in [0.25, 0.3) is 11.3 Å². The fourth-order valence-corrected chi connectivity index (χ4v) is 2.41. The molecular weight excluding hydrogens is 306 g/mol. The van der Waals surface area contributed by atoms with E-state index in [-0.39, 0.29) is 18.0 Å². The van der Waals surface area contributed by atoms with Gasteiger partial charge in [0.15, 0.2) is 0 Å². The van der Waals surface area contributed by atoms with Crippen molar-refractivity contribution in [1.82, 2.24) is 14.7 Å². The minimum atomic E-state index is -0.287. The molecule has 6 heteroatoms. The molecule has 2 aromatic rings. The van der Waals surface area contributed by atoms with E-state index in [0.29, 0.717) is 25.4 Å². The molecule has 6 nitrogen and oxygen atoms in total. The van der Waals surface area contributed by atoms with Crippen LogP contribution in [-0.2, 0) is 11.3 Å². The van der Waals surface area contributed by atoms with Crippen molar-refractivity contribution in [3.05, 3.63) is 46.8 Å². The van der Waals surface area contributed by atoms with Gasteiger partial charge in [0.05, 0.1) is 12.3 Å². The Morgan fingerprint density at radius 3 is 2.33 bits per heavy atom. The van der Waals surface area contributed by atoms with Crippen LogP contribution in [0.15, 0.2) is 41.2 Å². The Bertz CT molecular complexity index is 734. The minimum absolute atomic E-state index is 0.0502. The summed E-state index contributed by atoms with van der Waals surface area (Å²) >= 11 is 0. The number of benzene rings is 1. The molecule has 1 aromatic carbocycles. The monoisotopic (exact) mass is 329 g/mol. The first-order valence-corrected chi connectivity index (χ1v) is 8.18. The number of rotatable bonds is 7. The van der Waals surface area contributed by atoms with Crippen LogP contribution in [0.5, 0.6) is 5.75 Å². The molecule has 0 atom stereocenters. The molecule has 0 aliphatic heterocycles. The van der Waals surface area contributed by atoms with Gasteiger partial charge in [-0.2, -0.15) is 5.10 Å². The van der Waals surface area contributed by atoms with Gasteiger partial charge in [-0.15, -0.1) is 0 Å². The topological polar surface area (TPSA) is 64.4 Å². The average molecular weight is 329 g/mol. The molecule has 0 saturated carbocycles. The lowest BCUT2D eigenvalue weighted by Crippen LogP contribution is -2.37. The standard InChI is InChI=1S/C18H23N3O3/c1-4-20(5-2)18(23)13-21-17(22)12-11-16(19-21)14-7-9-15(10-8-14)24-6-3/h7-12H,4-6,13H2,1-3H3. The van der Waals surface area contributed by atoms with Gasteiger partial charge in [0.25, 0.3) is 5.56 Å². The first kappa shape index (κ1) is 17.7. The smallest absolute Gasteiger partial charge is 0.267 e. The quantitative estimate of drug-likeness (QED) is 0.781. The fourth-order valence-electron chi connectivity index (χ4n) is 2.41. The third-order valence-corrected chi connectivity index (χ3v) is 3.73. The van der Waals surface area contributed by atoms with Crippen molar-refractivity contribution < 1.29 is 9.53 Å². The highest BCUT2D eigenvalue weighted by Gasteiger charge is 2.12. The Labute approximate surface area is 141 Å². The zero-order valence-electron chi connectivity index (χ0n) is 14.4. The Balaban J connectivity index is 2.24. The number of carbonyl (C=O) groups excluding carboxylic acids is 1. The van der Waals surface area contributed by atoms with E-state index >= 15 is 0 Å². The van der Waals surface area contributed by atoms with E-state index in [0.717, 1.165) is 11.3 Å². The van der Waals surface area contributed by atoms with Crippen LogP contribution in [0.1, 0.15) is 20.8 Å². The van der Waals surface area contributed by atoms with Gasteiger partial charge in [0, 0.05) is 24.7 Å². The van der Waals surface area contributed by atoms with Crippen LogP contribution in [-0.4, -0.2) is 40.3 Å². The summed E-state index contributed by atoms with van der Waals surface area (Å²) < 4.78 is 6.63. The first-order chi connectivity index (χ1) is 11.6. The van der Waals surface area contributed by atoms with Gasteiger partial charge >= 0.3 is 0 Å². The number of carbonyl (C=O) groups is 1. The lowest BCUT2D eigenvalue weighted by molar-refractivity contribution is -0.131. The lowest BCUT2D eigenvalue weighted by atomic mass is 10.1. The molecule has 1 heterocycles. The maximum absolute atomic E-state index is 12.2. The van der Waals surface area contributed by atoms with E-state index in [1.807, 2.05) is 45.0 Å². The highest BCUT2D eigenvalue weighted by Crippen LogP contribution is 2.19. The third-order valence-electron chi connectivity index (χ3n) is 3.73. The maximum Gasteiger partial charge on any atom is 0.267 e. The number of nitrogens with zero attached hydrogens (tertiary/aromatic N) is 3. The Hall–Kier alpha value is -2.63. The second-order valence-corrected chi connectivity index (χ2v) is 5.24. The van der Waals surface area contributed by atoms with Gasteiger partial charge in [-0.1, -0.05) is 0 Å². The highest BCUT2D eigenvalue weighted by molar-refractivity contribution is 5.75. The van der Waals surface area contributed by atoms with Crippen LogP contribution in [0.3, 0.4) is 0 Å². The Morgan fingerprint density at radius 1 is 1.08 bits per heavy atom. The molecule has 0 aliphatic carbocycles. The molecule has 128 valence electrons. The van der Waals surface area contributed by atoms with Gasteiger partial charge in [-0.25, -0.2) is 4.68 Å². The second-order valence-electron chi connectivity index (χ2n) is 5.24. The average Bonchev–Trinajstić information content (AvgIpc) is 2.59. The normalized spacial score (nSPS) is 10.5. The van der Waals surface area contributed by atoms with Crippen molar-refractivity contribution in [1.29, 1.82) is 0 Å². The molecule has 1 aromatic heterocycles. The molecule has 0 N–H and O–H groups in total. The zero-order chi connectivity index (χ0) is 17.5. The van der Waals surface area contributed by atoms with Crippen LogP contribution >= 0.6 is 0 Å². The van der Waals surface area contributed by atoms with E-state index in [9.17, 15) is 9.59 Å². The highest BCUT2D eigenvalue weighted by atomic mass is 16.5. The van der Waals surface area contributed by atoms with E-state index < -0.39 is 0 Å². The molecule has 0 saturated heterocycles. The van der Waals surface area contributed by atoms with E-state index in [2.05, 4.69) is 5.10 Å². The molecule has 0 fully saturated rings. The van der Waals surface area contributed by atoms with Gasteiger partial charge < -0.3 is 9.64 Å². The van der Waals surface area contributed by atoms with Crippen molar-refractivity contribution in [2.24, 2.45) is 0 Å². The summed E-state index contributed by atoms with van der Waals surface area (Å²) in [5.74, 6) is 0.671. The van der Waals surface area contributed by atoms with Crippen molar-refractivity contribution in [2.45, 2.75) is 27.3 Å². The summed E-state index contributed by atoms with van der Waals surface area (Å²) in [6, 6.07) is 10.6. The van der Waals surface area contributed by atoms with E-state index in [4.69, 9.17) is 4.74 Å². The van der Waals surface area contributed by atoms with Gasteiger partial charge in [0.2, 0.25) is 5.91 Å². The molecule has 0 bridgehead atoms. The van der Waals surface area contributed by atoms with Crippen molar-refractivity contribution in [3.8, 4) is 17.0 Å². The summed E-state index contributed by atoms with van der Waals surface area (Å²) in [5, 5.41) is 4.33. The number of aromatic nitrogens is 2. The number of hydrogen-bond donors (Lipinski definition) is 0. The summed E-state index contributed by atoms with van der Waals surface area (Å²) in [6.45, 7) is 7.53. The molecule has 0 aliphatic rings. The second kappa shape index (κ2) is 8.29. The maximum atomic E-state index is 12.2. The van der Waals surface area contributed by atoms with Gasteiger partial charge in [-0.3, -0.25) is 9.59 Å². The predicted molar refractivity (Wildman–Crippen MR) is 93.0 cm³/mol. The summed E-state index contributed by atoms with van der Waals surface area (Å²) in [7, 11) is 0. The largest absolute Gasteiger partial charge is 0.494 e. The van der Waals surface area contributed by atoms with Crippen LogP contribution < -0.4 is 10.3 Å². The molecule has 1 amide bonds. The van der Waals surface area contributed by atoms with E-state index in [1.54, 1.807) is 11.0 Å². The summed E-state index contributed by atoms with van der Waals surface area (Å²) in [4.78, 5) is 25.9. The Morgan fingerprint density at radius 2 is 1.75 bits per heavy atom. The zero-order valence-corrected chi connectivity index (χ0v) is 14.4. The van der Waals surface area contributed by atoms with Crippen molar-refractivity contribution in [2.75, 3.05) is 19.7 Å². The molecule has 24 heavy (non-hydrogen) atoms. The molecule has 0 radical (unpaired) electrons.